The first-order chi connectivity index (χ1) is 6.20. The molecule has 68 valence electrons. The van der Waals surface area contributed by atoms with Crippen LogP contribution in [-0.2, 0) is 6.42 Å². The molecule has 0 radical (unpaired) electrons. The van der Waals surface area contributed by atoms with Crippen LogP contribution in [0.25, 0.3) is 0 Å². The first-order valence-electron chi connectivity index (χ1n) is 4.18. The summed E-state index contributed by atoms with van der Waals surface area (Å²) in [4.78, 5) is 0. The van der Waals surface area contributed by atoms with Crippen molar-refractivity contribution < 1.29 is 5.21 Å². The van der Waals surface area contributed by atoms with Crippen molar-refractivity contribution >= 4 is 5.69 Å². The van der Waals surface area contributed by atoms with Crippen LogP contribution in [0.4, 0.5) is 5.69 Å². The highest BCUT2D eigenvalue weighted by Crippen LogP contribution is 2.21. The minimum atomic E-state index is 0.557. The van der Waals surface area contributed by atoms with Crippen LogP contribution in [0, 0.1) is 18.4 Å². The van der Waals surface area contributed by atoms with E-state index in [1.165, 1.54) is 0 Å². The molecule has 0 aliphatic heterocycles. The highest BCUT2D eigenvalue weighted by molar-refractivity contribution is 5.56. The molecule has 0 spiro atoms. The Labute approximate surface area is 77.8 Å². The first kappa shape index (κ1) is 9.56. The molecule has 0 aliphatic carbocycles. The van der Waals surface area contributed by atoms with Crippen LogP contribution >= 0.6 is 0 Å². The summed E-state index contributed by atoms with van der Waals surface area (Å²) in [6, 6.07) is 5.55. The van der Waals surface area contributed by atoms with E-state index < -0.39 is 0 Å². The molecule has 3 heteroatoms. The smallest absolute Gasteiger partial charge is 0.210 e. The normalized spacial score (nSPS) is 9.38. The summed E-state index contributed by atoms with van der Waals surface area (Å²) in [5.74, 6) is 0. The number of aryl methyl sites for hydroxylation is 1. The molecule has 0 atom stereocenters. The second-order valence-corrected chi connectivity index (χ2v) is 2.83. The lowest BCUT2D eigenvalue weighted by atomic mass is 10.0. The molecule has 3 nitrogen and oxygen atoms in total. The minimum Gasteiger partial charge on any atom is -0.274 e. The fourth-order valence-electron chi connectivity index (χ4n) is 1.34. The van der Waals surface area contributed by atoms with Crippen molar-refractivity contribution in [2.24, 2.45) is 0 Å². The Hall–Kier alpha value is -1.53. The van der Waals surface area contributed by atoms with E-state index in [2.05, 4.69) is 0 Å². The van der Waals surface area contributed by atoms with Gasteiger partial charge >= 0.3 is 0 Å². The third kappa shape index (κ3) is 1.79. The highest BCUT2D eigenvalue weighted by atomic mass is 16.5. The molecule has 0 saturated carbocycles. The van der Waals surface area contributed by atoms with Crippen LogP contribution in [0.1, 0.15) is 18.1 Å². The fraction of sp³-hybridized carbons (Fsp3) is 0.300. The molecule has 1 rings (SSSR count). The predicted octanol–water partition coefficient (Wildman–Crippen LogP) is 2.23. The van der Waals surface area contributed by atoms with Crippen LogP contribution in [0.3, 0.4) is 0 Å². The number of nitriles is 1. The summed E-state index contributed by atoms with van der Waals surface area (Å²) in [6.07, 6.45) is 2.56. The molecule has 0 aliphatic rings. The Morgan fingerprint density at radius 2 is 2.23 bits per heavy atom. The number of hydrogen-bond donors (Lipinski definition) is 1. The number of nitrogens with zero attached hydrogens (tertiary/aromatic N) is 2. The van der Waals surface area contributed by atoms with Crippen LogP contribution < -0.4 is 5.06 Å². The second kappa shape index (κ2) is 3.92. The molecule has 1 aromatic rings. The Bertz CT molecular complexity index is 341. The summed E-state index contributed by atoms with van der Waals surface area (Å²) < 4.78 is 0. The van der Waals surface area contributed by atoms with Gasteiger partial charge in [-0.3, -0.25) is 5.21 Å². The van der Waals surface area contributed by atoms with Gasteiger partial charge in [0.25, 0.3) is 0 Å². The first-order valence-corrected chi connectivity index (χ1v) is 4.18. The van der Waals surface area contributed by atoms with E-state index in [1.807, 2.05) is 26.0 Å². The van der Waals surface area contributed by atoms with Crippen LogP contribution in [0.15, 0.2) is 18.2 Å². The van der Waals surface area contributed by atoms with Gasteiger partial charge in [-0.1, -0.05) is 19.1 Å². The number of anilines is 1. The topological polar surface area (TPSA) is 47.3 Å². The van der Waals surface area contributed by atoms with Crippen molar-refractivity contribution in [1.29, 1.82) is 5.26 Å². The summed E-state index contributed by atoms with van der Waals surface area (Å²) in [5, 5.41) is 18.3. The maximum absolute atomic E-state index is 9.20. The number of rotatable bonds is 2. The molecule has 0 saturated heterocycles. The molecular formula is C10H12N2O. The molecule has 0 heterocycles. The predicted molar refractivity (Wildman–Crippen MR) is 50.4 cm³/mol. The Morgan fingerprint density at radius 3 is 2.77 bits per heavy atom. The van der Waals surface area contributed by atoms with Crippen molar-refractivity contribution in [2.75, 3.05) is 5.06 Å². The van der Waals surface area contributed by atoms with Crippen LogP contribution in [0.2, 0.25) is 0 Å². The maximum atomic E-state index is 9.20. The van der Waals surface area contributed by atoms with Crippen LogP contribution in [0.5, 0.6) is 0 Å². The van der Waals surface area contributed by atoms with E-state index in [0.717, 1.165) is 17.5 Å². The van der Waals surface area contributed by atoms with Crippen molar-refractivity contribution in [3.05, 3.63) is 29.3 Å². The van der Waals surface area contributed by atoms with Crippen molar-refractivity contribution in [2.45, 2.75) is 20.3 Å². The van der Waals surface area contributed by atoms with E-state index in [1.54, 1.807) is 12.3 Å². The lowest BCUT2D eigenvalue weighted by Gasteiger charge is -2.12. The fourth-order valence-corrected chi connectivity index (χ4v) is 1.34. The molecule has 0 amide bonds. The Balaban J connectivity index is 3.17. The average molecular weight is 176 g/mol. The van der Waals surface area contributed by atoms with Gasteiger partial charge in [-0.15, -0.1) is 0 Å². The Kier molecular flexibility index (Phi) is 2.88. The minimum absolute atomic E-state index is 0.557. The van der Waals surface area contributed by atoms with Gasteiger partial charge < -0.3 is 0 Å². The second-order valence-electron chi connectivity index (χ2n) is 2.83. The molecule has 0 unspecified atom stereocenters. The quantitative estimate of drug-likeness (QED) is 0.427. The van der Waals surface area contributed by atoms with E-state index in [9.17, 15) is 5.21 Å². The lowest BCUT2D eigenvalue weighted by molar-refractivity contribution is 0.301. The van der Waals surface area contributed by atoms with E-state index in [0.29, 0.717) is 10.8 Å². The van der Waals surface area contributed by atoms with Crippen molar-refractivity contribution in [3.8, 4) is 6.19 Å². The zero-order valence-corrected chi connectivity index (χ0v) is 7.78. The molecule has 1 aromatic carbocycles. The SMILES string of the molecule is CCc1cccc(N(O)C#N)c1C. The van der Waals surface area contributed by atoms with E-state index in [4.69, 9.17) is 5.26 Å². The number of hydrogen-bond acceptors (Lipinski definition) is 3. The molecular weight excluding hydrogens is 164 g/mol. The third-order valence-corrected chi connectivity index (χ3v) is 2.12. The van der Waals surface area contributed by atoms with Gasteiger partial charge in [0.1, 0.15) is 0 Å². The number of benzene rings is 1. The molecule has 0 fully saturated rings. The summed E-state index contributed by atoms with van der Waals surface area (Å²) >= 11 is 0. The number of hydroxylamine groups is 1. The maximum Gasteiger partial charge on any atom is 0.210 e. The molecule has 1 N–H and O–H groups in total. The zero-order chi connectivity index (χ0) is 9.84. The van der Waals surface area contributed by atoms with Gasteiger partial charge in [-0.05, 0) is 30.5 Å². The van der Waals surface area contributed by atoms with Gasteiger partial charge in [-0.2, -0.15) is 10.3 Å². The van der Waals surface area contributed by atoms with E-state index in [-0.39, 0.29) is 0 Å². The molecule has 13 heavy (non-hydrogen) atoms. The standard InChI is InChI=1S/C10H12N2O/c1-3-9-5-4-6-10(8(9)2)12(13)7-11/h4-6,13H,3H2,1-2H3. The van der Waals surface area contributed by atoms with Crippen molar-refractivity contribution in [1.82, 2.24) is 0 Å². The summed E-state index contributed by atoms with van der Waals surface area (Å²) in [5.41, 5.74) is 2.66. The van der Waals surface area contributed by atoms with E-state index >= 15 is 0 Å². The monoisotopic (exact) mass is 176 g/mol. The van der Waals surface area contributed by atoms with Gasteiger partial charge in [0.15, 0.2) is 0 Å². The van der Waals surface area contributed by atoms with Gasteiger partial charge in [0.2, 0.25) is 6.19 Å². The van der Waals surface area contributed by atoms with Crippen LogP contribution in [-0.4, -0.2) is 5.21 Å². The lowest BCUT2D eigenvalue weighted by Crippen LogP contribution is -2.11. The Morgan fingerprint density at radius 1 is 1.54 bits per heavy atom. The van der Waals surface area contributed by atoms with Gasteiger partial charge in [0.05, 0.1) is 5.69 Å². The third-order valence-electron chi connectivity index (χ3n) is 2.12. The van der Waals surface area contributed by atoms with Gasteiger partial charge in [0, 0.05) is 0 Å². The molecule has 0 bridgehead atoms. The summed E-state index contributed by atoms with van der Waals surface area (Å²) in [7, 11) is 0. The molecule has 0 aromatic heterocycles. The zero-order valence-electron chi connectivity index (χ0n) is 7.78. The van der Waals surface area contributed by atoms with Gasteiger partial charge in [-0.25, -0.2) is 0 Å². The average Bonchev–Trinajstić information content (AvgIpc) is 2.17. The van der Waals surface area contributed by atoms with Crippen molar-refractivity contribution in [3.63, 3.8) is 0 Å². The summed E-state index contributed by atoms with van der Waals surface area (Å²) in [6.45, 7) is 3.94. The highest BCUT2D eigenvalue weighted by Gasteiger charge is 2.07. The largest absolute Gasteiger partial charge is 0.274 e.